The van der Waals surface area contributed by atoms with Crippen molar-refractivity contribution in [2.75, 3.05) is 6.54 Å². The van der Waals surface area contributed by atoms with Crippen LogP contribution in [-0.2, 0) is 6.54 Å². The van der Waals surface area contributed by atoms with Crippen molar-refractivity contribution in [2.45, 2.75) is 52.6 Å². The first-order valence-corrected chi connectivity index (χ1v) is 7.20. The van der Waals surface area contributed by atoms with E-state index in [1.54, 1.807) is 0 Å². The molecule has 1 aliphatic heterocycles. The van der Waals surface area contributed by atoms with E-state index in [9.17, 15) is 0 Å². The van der Waals surface area contributed by atoms with Gasteiger partial charge in [-0.25, -0.2) is 9.97 Å². The third kappa shape index (κ3) is 2.50. The van der Waals surface area contributed by atoms with Gasteiger partial charge in [-0.1, -0.05) is 6.42 Å². The minimum absolute atomic E-state index is 0.675. The molecule has 3 rings (SSSR count). The molecule has 3 heterocycles. The Kier molecular flexibility index (Phi) is 3.27. The van der Waals surface area contributed by atoms with Gasteiger partial charge in [0.2, 0.25) is 5.78 Å². The third-order valence-corrected chi connectivity index (χ3v) is 4.12. The highest BCUT2D eigenvalue weighted by atomic mass is 15.2. The Morgan fingerprint density at radius 3 is 2.89 bits per heavy atom. The van der Waals surface area contributed by atoms with Crippen LogP contribution < -0.4 is 0 Å². The highest BCUT2D eigenvalue weighted by molar-refractivity contribution is 5.34. The van der Waals surface area contributed by atoms with Crippen LogP contribution in [0.25, 0.3) is 5.78 Å². The lowest BCUT2D eigenvalue weighted by molar-refractivity contribution is 0.151. The molecule has 0 N–H and O–H groups in total. The minimum atomic E-state index is 0.675. The van der Waals surface area contributed by atoms with Gasteiger partial charge in [-0.2, -0.15) is 0 Å². The number of likely N-dealkylation sites (tertiary alicyclic amines) is 1. The SMILES string of the molecule is Cc1cc(C)n2cc(CN3CCCCC3C)nc2n1. The summed E-state index contributed by atoms with van der Waals surface area (Å²) < 4.78 is 2.09. The summed E-state index contributed by atoms with van der Waals surface area (Å²) >= 11 is 0. The van der Waals surface area contributed by atoms with Gasteiger partial charge in [0.05, 0.1) is 5.69 Å². The molecule has 0 spiro atoms. The van der Waals surface area contributed by atoms with Gasteiger partial charge in [0.15, 0.2) is 0 Å². The van der Waals surface area contributed by atoms with Crippen LogP contribution in [0.5, 0.6) is 0 Å². The van der Waals surface area contributed by atoms with Crippen molar-refractivity contribution in [3.05, 3.63) is 29.3 Å². The zero-order valence-electron chi connectivity index (χ0n) is 12.1. The molecule has 1 atom stereocenters. The van der Waals surface area contributed by atoms with Crippen LogP contribution in [0, 0.1) is 13.8 Å². The summed E-state index contributed by atoms with van der Waals surface area (Å²) in [4.78, 5) is 11.7. The van der Waals surface area contributed by atoms with E-state index in [-0.39, 0.29) is 0 Å². The molecule has 0 saturated carbocycles. The molecule has 2 aromatic heterocycles. The van der Waals surface area contributed by atoms with Gasteiger partial charge in [0.1, 0.15) is 0 Å². The molecule has 19 heavy (non-hydrogen) atoms. The van der Waals surface area contributed by atoms with Gasteiger partial charge >= 0.3 is 0 Å². The van der Waals surface area contributed by atoms with Crippen molar-refractivity contribution >= 4 is 5.78 Å². The fourth-order valence-electron chi connectivity index (χ4n) is 2.99. The molecule has 4 heteroatoms. The van der Waals surface area contributed by atoms with Crippen molar-refractivity contribution in [3.63, 3.8) is 0 Å². The van der Waals surface area contributed by atoms with Crippen LogP contribution in [0.4, 0.5) is 0 Å². The Balaban J connectivity index is 1.87. The molecule has 1 fully saturated rings. The summed E-state index contributed by atoms with van der Waals surface area (Å²) in [5, 5.41) is 0. The van der Waals surface area contributed by atoms with E-state index in [1.807, 2.05) is 6.92 Å². The van der Waals surface area contributed by atoms with Gasteiger partial charge in [-0.05, 0) is 46.2 Å². The van der Waals surface area contributed by atoms with Crippen LogP contribution in [0.15, 0.2) is 12.3 Å². The van der Waals surface area contributed by atoms with E-state index in [0.717, 1.165) is 23.7 Å². The van der Waals surface area contributed by atoms with Gasteiger partial charge in [0, 0.05) is 30.2 Å². The van der Waals surface area contributed by atoms with Crippen LogP contribution in [0.2, 0.25) is 0 Å². The predicted molar refractivity (Wildman–Crippen MR) is 76.2 cm³/mol. The molecule has 0 radical (unpaired) electrons. The molecule has 0 amide bonds. The average Bonchev–Trinajstić information content (AvgIpc) is 2.75. The van der Waals surface area contributed by atoms with Crippen LogP contribution in [0.1, 0.15) is 43.3 Å². The Hall–Kier alpha value is -1.42. The highest BCUT2D eigenvalue weighted by Crippen LogP contribution is 2.19. The van der Waals surface area contributed by atoms with Crippen molar-refractivity contribution in [1.29, 1.82) is 0 Å². The third-order valence-electron chi connectivity index (χ3n) is 4.12. The Morgan fingerprint density at radius 2 is 2.11 bits per heavy atom. The van der Waals surface area contributed by atoms with E-state index in [4.69, 9.17) is 0 Å². The van der Waals surface area contributed by atoms with E-state index < -0.39 is 0 Å². The Morgan fingerprint density at radius 1 is 1.26 bits per heavy atom. The van der Waals surface area contributed by atoms with E-state index in [0.29, 0.717) is 6.04 Å². The second-order valence-electron chi connectivity index (χ2n) is 5.76. The summed E-state index contributed by atoms with van der Waals surface area (Å²) in [6.45, 7) is 8.59. The summed E-state index contributed by atoms with van der Waals surface area (Å²) in [6, 6.07) is 2.77. The van der Waals surface area contributed by atoms with Crippen molar-refractivity contribution < 1.29 is 0 Å². The van der Waals surface area contributed by atoms with Crippen LogP contribution in [-0.4, -0.2) is 31.9 Å². The normalized spacial score (nSPS) is 21.1. The zero-order chi connectivity index (χ0) is 13.4. The second kappa shape index (κ2) is 4.93. The van der Waals surface area contributed by atoms with Gasteiger partial charge < -0.3 is 0 Å². The predicted octanol–water partition coefficient (Wildman–Crippen LogP) is 2.72. The fourth-order valence-corrected chi connectivity index (χ4v) is 2.99. The quantitative estimate of drug-likeness (QED) is 0.830. The van der Waals surface area contributed by atoms with E-state index in [2.05, 4.69) is 45.4 Å². The number of hydrogen-bond donors (Lipinski definition) is 0. The summed E-state index contributed by atoms with van der Waals surface area (Å²) in [6.07, 6.45) is 6.12. The van der Waals surface area contributed by atoms with Gasteiger partial charge in [-0.15, -0.1) is 0 Å². The first kappa shape index (κ1) is 12.6. The molecule has 102 valence electrons. The molecule has 1 unspecified atom stereocenters. The molecular weight excluding hydrogens is 236 g/mol. The number of hydrogen-bond acceptors (Lipinski definition) is 3. The van der Waals surface area contributed by atoms with Gasteiger partial charge in [0.25, 0.3) is 0 Å². The molecular formula is C15H22N4. The number of piperidine rings is 1. The maximum Gasteiger partial charge on any atom is 0.234 e. The fraction of sp³-hybridized carbons (Fsp3) is 0.600. The summed E-state index contributed by atoms with van der Waals surface area (Å²) in [7, 11) is 0. The van der Waals surface area contributed by atoms with E-state index in [1.165, 1.54) is 31.5 Å². The lowest BCUT2D eigenvalue weighted by atomic mass is 10.0. The number of rotatable bonds is 2. The van der Waals surface area contributed by atoms with Crippen LogP contribution >= 0.6 is 0 Å². The number of aromatic nitrogens is 3. The molecule has 1 aliphatic rings. The number of fused-ring (bicyclic) bond motifs is 1. The smallest absolute Gasteiger partial charge is 0.234 e. The molecule has 0 bridgehead atoms. The maximum absolute atomic E-state index is 4.67. The van der Waals surface area contributed by atoms with Crippen molar-refractivity contribution in [1.82, 2.24) is 19.3 Å². The lowest BCUT2D eigenvalue weighted by Gasteiger charge is -2.32. The monoisotopic (exact) mass is 258 g/mol. The first-order valence-electron chi connectivity index (χ1n) is 7.20. The van der Waals surface area contributed by atoms with Crippen molar-refractivity contribution in [2.24, 2.45) is 0 Å². The number of aryl methyl sites for hydroxylation is 2. The minimum Gasteiger partial charge on any atom is -0.295 e. The Bertz CT molecular complexity index is 587. The topological polar surface area (TPSA) is 33.4 Å². The molecule has 0 aromatic carbocycles. The summed E-state index contributed by atoms with van der Waals surface area (Å²) in [5.74, 6) is 0.831. The maximum atomic E-state index is 4.67. The number of nitrogens with zero attached hydrogens (tertiary/aromatic N) is 4. The van der Waals surface area contributed by atoms with Crippen molar-refractivity contribution in [3.8, 4) is 0 Å². The molecule has 1 saturated heterocycles. The Labute approximate surface area is 114 Å². The standard InChI is InChI=1S/C15H22N4/c1-11-8-13(3)19-10-14(17-15(19)16-11)9-18-7-5-4-6-12(18)2/h8,10,12H,4-7,9H2,1-3H3. The molecule has 2 aromatic rings. The zero-order valence-corrected chi connectivity index (χ0v) is 12.1. The summed E-state index contributed by atoms with van der Waals surface area (Å²) in [5.41, 5.74) is 3.37. The first-order chi connectivity index (χ1) is 9.13. The van der Waals surface area contributed by atoms with Gasteiger partial charge in [-0.3, -0.25) is 9.30 Å². The van der Waals surface area contributed by atoms with E-state index >= 15 is 0 Å². The largest absolute Gasteiger partial charge is 0.295 e. The van der Waals surface area contributed by atoms with Crippen LogP contribution in [0.3, 0.4) is 0 Å². The highest BCUT2D eigenvalue weighted by Gasteiger charge is 2.19. The lowest BCUT2D eigenvalue weighted by Crippen LogP contribution is -2.36. The second-order valence-corrected chi connectivity index (χ2v) is 5.76. The number of imidazole rings is 1. The molecule has 0 aliphatic carbocycles. The average molecular weight is 258 g/mol. The molecule has 4 nitrogen and oxygen atoms in total.